The minimum absolute atomic E-state index is 0.0278. The minimum Gasteiger partial charge on any atom is -0.423 e. The van der Waals surface area contributed by atoms with Crippen LogP contribution in [0.15, 0.2) is 60.7 Å². The molecule has 0 amide bonds. The fourth-order valence-corrected chi connectivity index (χ4v) is 4.98. The lowest BCUT2D eigenvalue weighted by Crippen LogP contribution is -2.17. The first kappa shape index (κ1) is 24.5. The number of carbonyl (C=O) groups is 1. The van der Waals surface area contributed by atoms with Gasteiger partial charge in [-0.15, -0.1) is 0 Å². The van der Waals surface area contributed by atoms with Gasteiger partial charge in [0.25, 0.3) is 0 Å². The summed E-state index contributed by atoms with van der Waals surface area (Å²) in [5, 5.41) is 8.78. The summed E-state index contributed by atoms with van der Waals surface area (Å²) in [6.07, 6.45) is 4.72. The van der Waals surface area contributed by atoms with Crippen molar-refractivity contribution >= 4 is 5.97 Å². The number of carbonyl (C=O) groups excluding carboxylic acids is 1. The van der Waals surface area contributed by atoms with Gasteiger partial charge in [0.1, 0.15) is 34.8 Å². The van der Waals surface area contributed by atoms with Crippen LogP contribution in [0, 0.1) is 34.7 Å². The average molecular weight is 478 g/mol. The highest BCUT2D eigenvalue weighted by molar-refractivity contribution is 5.91. The molecule has 1 aliphatic carbocycles. The van der Waals surface area contributed by atoms with Crippen LogP contribution in [-0.2, 0) is 0 Å². The summed E-state index contributed by atoms with van der Waals surface area (Å²) in [6, 6.07) is 17.6. The average Bonchev–Trinajstić information content (AvgIpc) is 2.84. The summed E-state index contributed by atoms with van der Waals surface area (Å²) in [4.78, 5) is 12.4. The summed E-state index contributed by atoms with van der Waals surface area (Å²) < 4.78 is 48.3. The predicted molar refractivity (Wildman–Crippen MR) is 127 cm³/mol. The van der Waals surface area contributed by atoms with E-state index in [1.165, 1.54) is 23.8 Å². The van der Waals surface area contributed by atoms with Crippen LogP contribution in [0.1, 0.15) is 77.9 Å². The van der Waals surface area contributed by atoms with Crippen LogP contribution in [0.4, 0.5) is 13.2 Å². The van der Waals surface area contributed by atoms with Crippen molar-refractivity contribution in [2.45, 2.75) is 50.9 Å². The maximum absolute atomic E-state index is 14.8. The summed E-state index contributed by atoms with van der Waals surface area (Å²) in [5.41, 5.74) is 0.820. The van der Waals surface area contributed by atoms with E-state index in [0.717, 1.165) is 44.2 Å². The van der Waals surface area contributed by atoms with E-state index >= 15 is 0 Å². The summed E-state index contributed by atoms with van der Waals surface area (Å²) in [5.74, 6) is -3.33. The monoisotopic (exact) mass is 477 g/mol. The maximum Gasteiger partial charge on any atom is 0.349 e. The second kappa shape index (κ2) is 10.8. The van der Waals surface area contributed by atoms with E-state index in [4.69, 9.17) is 10.00 Å². The predicted octanol–water partition coefficient (Wildman–Crippen LogP) is 7.66. The van der Waals surface area contributed by atoms with Crippen molar-refractivity contribution < 1.29 is 22.7 Å². The molecule has 0 spiro atoms. The molecule has 3 nitrogen and oxygen atoms in total. The molecule has 0 heterocycles. The van der Waals surface area contributed by atoms with Crippen molar-refractivity contribution in [2.24, 2.45) is 5.92 Å². The first-order chi connectivity index (χ1) is 16.9. The highest BCUT2D eigenvalue weighted by Gasteiger charge is 2.27. The standard InChI is InChI=1S/C29H26F3NO2/c1-18(20-5-3-2-4-6-20)13-19-7-9-21(10-8-19)23-14-26(31)28(27(32)15-23)29(34)35-24-12-11-22(17-33)25(30)16-24/h2-6,11-12,14-16,18-19,21H,7-10,13H2,1H3/t18-,19?,21?/m1/s1. The molecule has 1 saturated carbocycles. The Balaban J connectivity index is 1.39. The summed E-state index contributed by atoms with van der Waals surface area (Å²) in [6.45, 7) is 2.23. The molecule has 0 bridgehead atoms. The molecular weight excluding hydrogens is 451 g/mol. The molecule has 0 N–H and O–H groups in total. The Labute approximate surface area is 203 Å². The molecule has 1 fully saturated rings. The van der Waals surface area contributed by atoms with Gasteiger partial charge in [-0.05, 0) is 85.3 Å². The van der Waals surface area contributed by atoms with E-state index in [2.05, 4.69) is 19.1 Å². The van der Waals surface area contributed by atoms with Crippen molar-refractivity contribution in [3.05, 3.63) is 100 Å². The van der Waals surface area contributed by atoms with Crippen LogP contribution in [0.3, 0.4) is 0 Å². The van der Waals surface area contributed by atoms with Gasteiger partial charge in [-0.2, -0.15) is 5.26 Å². The quantitative estimate of drug-likeness (QED) is 0.270. The number of esters is 1. The first-order valence-corrected chi connectivity index (χ1v) is 11.8. The zero-order valence-corrected chi connectivity index (χ0v) is 19.4. The molecule has 0 aliphatic heterocycles. The number of benzene rings is 3. The molecule has 180 valence electrons. The van der Waals surface area contributed by atoms with Crippen LogP contribution in [0.2, 0.25) is 0 Å². The van der Waals surface area contributed by atoms with Gasteiger partial charge in [-0.25, -0.2) is 18.0 Å². The molecule has 6 heteroatoms. The van der Waals surface area contributed by atoms with Crippen LogP contribution >= 0.6 is 0 Å². The molecule has 3 aromatic rings. The van der Waals surface area contributed by atoms with Gasteiger partial charge in [-0.3, -0.25) is 0 Å². The topological polar surface area (TPSA) is 50.1 Å². The molecule has 0 aromatic heterocycles. The number of rotatable bonds is 6. The third kappa shape index (κ3) is 5.74. The molecule has 0 saturated heterocycles. The second-order valence-electron chi connectivity index (χ2n) is 9.27. The van der Waals surface area contributed by atoms with Gasteiger partial charge in [0.2, 0.25) is 0 Å². The number of nitriles is 1. The molecule has 35 heavy (non-hydrogen) atoms. The normalized spacial score (nSPS) is 18.5. The van der Waals surface area contributed by atoms with E-state index in [-0.39, 0.29) is 17.2 Å². The van der Waals surface area contributed by atoms with Gasteiger partial charge in [0, 0.05) is 6.07 Å². The third-order valence-electron chi connectivity index (χ3n) is 6.91. The molecule has 1 atom stereocenters. The number of hydrogen-bond acceptors (Lipinski definition) is 3. The number of ether oxygens (including phenoxy) is 1. The lowest BCUT2D eigenvalue weighted by Gasteiger charge is -2.30. The Morgan fingerprint density at radius 1 is 0.971 bits per heavy atom. The van der Waals surface area contributed by atoms with Crippen molar-refractivity contribution in [1.82, 2.24) is 0 Å². The number of hydrogen-bond donors (Lipinski definition) is 0. The minimum atomic E-state index is -1.26. The summed E-state index contributed by atoms with van der Waals surface area (Å²) in [7, 11) is 0. The molecule has 4 rings (SSSR count). The number of nitrogens with zero attached hydrogens (tertiary/aromatic N) is 1. The zero-order valence-electron chi connectivity index (χ0n) is 19.4. The molecule has 0 unspecified atom stereocenters. The largest absolute Gasteiger partial charge is 0.423 e. The van der Waals surface area contributed by atoms with Crippen LogP contribution in [0.5, 0.6) is 5.75 Å². The molecular formula is C29H26F3NO2. The second-order valence-corrected chi connectivity index (χ2v) is 9.27. The van der Waals surface area contributed by atoms with Crippen molar-refractivity contribution in [2.75, 3.05) is 0 Å². The lowest BCUT2D eigenvalue weighted by atomic mass is 9.75. The smallest absolute Gasteiger partial charge is 0.349 e. The van der Waals surface area contributed by atoms with Gasteiger partial charge >= 0.3 is 5.97 Å². The van der Waals surface area contributed by atoms with E-state index in [0.29, 0.717) is 17.4 Å². The Hall–Kier alpha value is -3.59. The molecule has 3 aromatic carbocycles. The highest BCUT2D eigenvalue weighted by atomic mass is 19.1. The van der Waals surface area contributed by atoms with Crippen molar-refractivity contribution in [1.29, 1.82) is 5.26 Å². The van der Waals surface area contributed by atoms with Gasteiger partial charge < -0.3 is 4.74 Å². The van der Waals surface area contributed by atoms with E-state index in [1.54, 1.807) is 6.07 Å². The number of halogens is 3. The van der Waals surface area contributed by atoms with Crippen LogP contribution < -0.4 is 4.74 Å². The van der Waals surface area contributed by atoms with Crippen molar-refractivity contribution in [3.63, 3.8) is 0 Å². The fraction of sp³-hybridized carbons (Fsp3) is 0.310. The molecule has 0 radical (unpaired) electrons. The SMILES string of the molecule is C[C@H](CC1CCC(c2cc(F)c(C(=O)Oc3ccc(C#N)c(F)c3)c(F)c2)CC1)c1ccccc1. The zero-order chi connectivity index (χ0) is 24.9. The van der Waals surface area contributed by atoms with Crippen LogP contribution in [-0.4, -0.2) is 5.97 Å². The van der Waals surface area contributed by atoms with Gasteiger partial charge in [0.15, 0.2) is 0 Å². The third-order valence-corrected chi connectivity index (χ3v) is 6.91. The van der Waals surface area contributed by atoms with Gasteiger partial charge in [0.05, 0.1) is 5.56 Å². The van der Waals surface area contributed by atoms with Crippen LogP contribution in [0.25, 0.3) is 0 Å². The van der Waals surface area contributed by atoms with E-state index in [9.17, 15) is 18.0 Å². The maximum atomic E-state index is 14.8. The van der Waals surface area contributed by atoms with E-state index in [1.807, 2.05) is 18.2 Å². The Kier molecular flexibility index (Phi) is 7.55. The summed E-state index contributed by atoms with van der Waals surface area (Å²) >= 11 is 0. The first-order valence-electron chi connectivity index (χ1n) is 11.8. The molecule has 1 aliphatic rings. The fourth-order valence-electron chi connectivity index (χ4n) is 4.98. The lowest BCUT2D eigenvalue weighted by molar-refractivity contribution is 0.0724. The van der Waals surface area contributed by atoms with Gasteiger partial charge in [-0.1, -0.05) is 37.3 Å². The Bertz CT molecular complexity index is 1220. The highest BCUT2D eigenvalue weighted by Crippen LogP contribution is 2.40. The van der Waals surface area contributed by atoms with E-state index < -0.39 is 29.0 Å². The Morgan fingerprint density at radius 3 is 2.23 bits per heavy atom. The Morgan fingerprint density at radius 2 is 1.63 bits per heavy atom. The van der Waals surface area contributed by atoms with Crippen molar-refractivity contribution in [3.8, 4) is 11.8 Å².